The number of hydrogen-bond donors (Lipinski definition) is 0. The molecule has 0 bridgehead atoms. The van der Waals surface area contributed by atoms with Gasteiger partial charge in [0.05, 0.1) is 5.51 Å². The van der Waals surface area contributed by atoms with Gasteiger partial charge in [-0.25, -0.2) is 9.97 Å². The van der Waals surface area contributed by atoms with Gasteiger partial charge in [-0.1, -0.05) is 28.1 Å². The Hall–Kier alpha value is -1.04. The van der Waals surface area contributed by atoms with Crippen LogP contribution in [0.3, 0.4) is 0 Å². The van der Waals surface area contributed by atoms with Gasteiger partial charge in [-0.2, -0.15) is 0 Å². The van der Waals surface area contributed by atoms with Gasteiger partial charge in [-0.15, -0.1) is 22.7 Å². The third kappa shape index (κ3) is 2.31. The van der Waals surface area contributed by atoms with E-state index < -0.39 is 0 Å². The zero-order valence-corrected chi connectivity index (χ0v) is 11.8. The van der Waals surface area contributed by atoms with Crippen molar-refractivity contribution in [3.05, 3.63) is 45.0 Å². The molecule has 2 nitrogen and oxygen atoms in total. The smallest absolute Gasteiger partial charge is 0.124 e. The molecule has 0 aliphatic carbocycles. The van der Waals surface area contributed by atoms with Gasteiger partial charge in [0.15, 0.2) is 0 Å². The van der Waals surface area contributed by atoms with Gasteiger partial charge in [0.25, 0.3) is 0 Å². The van der Waals surface area contributed by atoms with E-state index in [1.54, 1.807) is 22.7 Å². The maximum absolute atomic E-state index is 4.60. The summed E-state index contributed by atoms with van der Waals surface area (Å²) < 4.78 is 1.08. The third-order valence-corrected chi connectivity index (χ3v) is 4.30. The number of halogens is 1. The van der Waals surface area contributed by atoms with Crippen LogP contribution >= 0.6 is 38.6 Å². The summed E-state index contributed by atoms with van der Waals surface area (Å²) in [6, 6.07) is 8.18. The minimum Gasteiger partial charge on any atom is -0.243 e. The second-order valence-electron chi connectivity index (χ2n) is 3.42. The van der Waals surface area contributed by atoms with Gasteiger partial charge in [0, 0.05) is 20.8 Å². The Bertz CT molecular complexity index is 614. The molecule has 17 heavy (non-hydrogen) atoms. The van der Waals surface area contributed by atoms with E-state index in [-0.39, 0.29) is 0 Å². The number of nitrogens with zero attached hydrogens (tertiary/aromatic N) is 2. The number of hydrogen-bond acceptors (Lipinski definition) is 4. The highest BCUT2D eigenvalue weighted by Gasteiger charge is 2.07. The standard InChI is InChI=1S/C12H7BrN2S2/c13-9-3-1-8(2-4-9)12-15-11(6-17-12)10-5-16-7-14-10/h1-7H. The van der Waals surface area contributed by atoms with Crippen LogP contribution in [0.2, 0.25) is 0 Å². The number of rotatable bonds is 2. The Balaban J connectivity index is 1.98. The van der Waals surface area contributed by atoms with Crippen LogP contribution in [0.25, 0.3) is 22.0 Å². The van der Waals surface area contributed by atoms with Crippen molar-refractivity contribution in [3.8, 4) is 22.0 Å². The highest BCUT2D eigenvalue weighted by molar-refractivity contribution is 9.10. The molecule has 0 aliphatic rings. The molecular formula is C12H7BrN2S2. The lowest BCUT2D eigenvalue weighted by Crippen LogP contribution is -1.78. The molecule has 0 atom stereocenters. The average Bonchev–Trinajstić information content (AvgIpc) is 3.00. The molecule has 0 saturated heterocycles. The highest BCUT2D eigenvalue weighted by atomic mass is 79.9. The van der Waals surface area contributed by atoms with Crippen LogP contribution in [0.1, 0.15) is 0 Å². The van der Waals surface area contributed by atoms with Crippen LogP contribution in [0.4, 0.5) is 0 Å². The quantitative estimate of drug-likeness (QED) is 0.683. The van der Waals surface area contributed by atoms with Crippen LogP contribution in [-0.4, -0.2) is 9.97 Å². The SMILES string of the molecule is Brc1ccc(-c2nc(-c3cscn3)cs2)cc1. The van der Waals surface area contributed by atoms with Gasteiger partial charge in [-0.05, 0) is 12.1 Å². The molecule has 3 aromatic rings. The van der Waals surface area contributed by atoms with Gasteiger partial charge < -0.3 is 0 Å². The molecule has 0 radical (unpaired) electrons. The average molecular weight is 323 g/mol. The normalized spacial score (nSPS) is 10.6. The molecule has 0 spiro atoms. The van der Waals surface area contributed by atoms with E-state index in [1.807, 2.05) is 28.4 Å². The molecule has 0 aliphatic heterocycles. The molecule has 0 amide bonds. The summed E-state index contributed by atoms with van der Waals surface area (Å²) in [5.41, 5.74) is 4.87. The molecule has 5 heteroatoms. The van der Waals surface area contributed by atoms with E-state index in [0.717, 1.165) is 26.4 Å². The second kappa shape index (κ2) is 4.68. The van der Waals surface area contributed by atoms with Gasteiger partial charge in [0.1, 0.15) is 16.4 Å². The predicted octanol–water partition coefficient (Wildman–Crippen LogP) is 4.70. The molecule has 3 rings (SSSR count). The van der Waals surface area contributed by atoms with Crippen LogP contribution in [-0.2, 0) is 0 Å². The fourth-order valence-corrected chi connectivity index (χ4v) is 3.09. The summed E-state index contributed by atoms with van der Waals surface area (Å²) in [5.74, 6) is 0. The Morgan fingerprint density at radius 2 is 1.82 bits per heavy atom. The summed E-state index contributed by atoms with van der Waals surface area (Å²) >= 11 is 6.66. The minimum atomic E-state index is 0.953. The van der Waals surface area contributed by atoms with E-state index in [4.69, 9.17) is 0 Å². The van der Waals surface area contributed by atoms with Crippen LogP contribution in [0, 0.1) is 0 Å². The summed E-state index contributed by atoms with van der Waals surface area (Å²) in [6.45, 7) is 0. The molecular weight excluding hydrogens is 316 g/mol. The molecule has 0 fully saturated rings. The number of aromatic nitrogens is 2. The van der Waals surface area contributed by atoms with Crippen LogP contribution in [0.5, 0.6) is 0 Å². The highest BCUT2D eigenvalue weighted by Crippen LogP contribution is 2.29. The lowest BCUT2D eigenvalue weighted by molar-refractivity contribution is 1.33. The van der Waals surface area contributed by atoms with Crippen molar-refractivity contribution >= 4 is 38.6 Å². The van der Waals surface area contributed by atoms with Crippen LogP contribution in [0.15, 0.2) is 45.0 Å². The molecule has 0 unspecified atom stereocenters. The second-order valence-corrected chi connectivity index (χ2v) is 5.91. The van der Waals surface area contributed by atoms with Crippen molar-refractivity contribution in [2.45, 2.75) is 0 Å². The van der Waals surface area contributed by atoms with Gasteiger partial charge >= 0.3 is 0 Å². The topological polar surface area (TPSA) is 25.8 Å². The van der Waals surface area contributed by atoms with E-state index in [9.17, 15) is 0 Å². The molecule has 2 aromatic heterocycles. The van der Waals surface area contributed by atoms with E-state index >= 15 is 0 Å². The van der Waals surface area contributed by atoms with Crippen LogP contribution < -0.4 is 0 Å². The van der Waals surface area contributed by atoms with E-state index in [1.165, 1.54) is 0 Å². The maximum Gasteiger partial charge on any atom is 0.124 e. The van der Waals surface area contributed by atoms with Crippen molar-refractivity contribution in [1.29, 1.82) is 0 Å². The third-order valence-electron chi connectivity index (χ3n) is 2.29. The lowest BCUT2D eigenvalue weighted by Gasteiger charge is -1.95. The van der Waals surface area contributed by atoms with E-state index in [2.05, 4.69) is 38.0 Å². The Morgan fingerprint density at radius 3 is 2.53 bits per heavy atom. The van der Waals surface area contributed by atoms with E-state index in [0.29, 0.717) is 0 Å². The Kier molecular flexibility index (Phi) is 3.05. The fraction of sp³-hybridized carbons (Fsp3) is 0. The summed E-state index contributed by atoms with van der Waals surface area (Å²) in [7, 11) is 0. The maximum atomic E-state index is 4.60. The van der Waals surface area contributed by atoms with Gasteiger partial charge in [-0.3, -0.25) is 0 Å². The molecule has 0 saturated carbocycles. The first kappa shape index (κ1) is 11.1. The Labute approximate surface area is 115 Å². The number of benzene rings is 1. The van der Waals surface area contributed by atoms with Crippen molar-refractivity contribution in [1.82, 2.24) is 9.97 Å². The lowest BCUT2D eigenvalue weighted by atomic mass is 10.2. The summed E-state index contributed by atoms with van der Waals surface area (Å²) in [5, 5.41) is 5.09. The zero-order valence-electron chi connectivity index (χ0n) is 8.63. The minimum absolute atomic E-state index is 0.953. The van der Waals surface area contributed by atoms with Crippen molar-refractivity contribution < 1.29 is 0 Å². The molecule has 1 aromatic carbocycles. The first-order valence-corrected chi connectivity index (χ1v) is 7.54. The summed E-state index contributed by atoms with van der Waals surface area (Å²) in [4.78, 5) is 8.86. The Morgan fingerprint density at radius 1 is 1.00 bits per heavy atom. The monoisotopic (exact) mass is 322 g/mol. The predicted molar refractivity (Wildman–Crippen MR) is 76.4 cm³/mol. The fourth-order valence-electron chi connectivity index (χ4n) is 1.46. The molecule has 0 N–H and O–H groups in total. The number of thiazole rings is 2. The van der Waals surface area contributed by atoms with Crippen molar-refractivity contribution in [2.24, 2.45) is 0 Å². The largest absolute Gasteiger partial charge is 0.243 e. The van der Waals surface area contributed by atoms with Crippen molar-refractivity contribution in [3.63, 3.8) is 0 Å². The molecule has 84 valence electrons. The zero-order chi connectivity index (χ0) is 11.7. The first-order valence-electron chi connectivity index (χ1n) is 4.93. The van der Waals surface area contributed by atoms with Gasteiger partial charge in [0.2, 0.25) is 0 Å². The summed E-state index contributed by atoms with van der Waals surface area (Å²) in [6.07, 6.45) is 0. The first-order chi connectivity index (χ1) is 8.33. The molecule has 2 heterocycles. The van der Waals surface area contributed by atoms with Crippen molar-refractivity contribution in [2.75, 3.05) is 0 Å².